The summed E-state index contributed by atoms with van der Waals surface area (Å²) in [6, 6.07) is 0. The van der Waals surface area contributed by atoms with E-state index in [4.69, 9.17) is 0 Å². The third-order valence-corrected chi connectivity index (χ3v) is 3.36. The predicted molar refractivity (Wildman–Crippen MR) is 63.4 cm³/mol. The molecule has 0 unspecified atom stereocenters. The van der Waals surface area contributed by atoms with E-state index in [-0.39, 0.29) is 0 Å². The highest BCUT2D eigenvalue weighted by Crippen LogP contribution is 2.25. The standard InChI is InChI=1S/C11H21N5O/c1-3-6-16-7-4-11(17,5-8-16)9-10-12-14-15(2)13-10/h17H,3-9H2,1-2H3. The van der Waals surface area contributed by atoms with E-state index in [1.807, 2.05) is 0 Å². The van der Waals surface area contributed by atoms with E-state index < -0.39 is 5.60 Å². The van der Waals surface area contributed by atoms with Crippen LogP contribution in [0.4, 0.5) is 0 Å². The number of rotatable bonds is 4. The molecule has 2 heterocycles. The number of piperidine rings is 1. The molecule has 1 saturated heterocycles. The number of hydrogen-bond donors (Lipinski definition) is 1. The van der Waals surface area contributed by atoms with Crippen LogP contribution in [-0.4, -0.2) is 55.4 Å². The van der Waals surface area contributed by atoms with Gasteiger partial charge in [0.2, 0.25) is 0 Å². The van der Waals surface area contributed by atoms with Gasteiger partial charge >= 0.3 is 0 Å². The first-order chi connectivity index (χ1) is 8.11. The molecule has 0 aromatic carbocycles. The molecule has 0 atom stereocenters. The van der Waals surface area contributed by atoms with Crippen LogP contribution in [0.1, 0.15) is 32.0 Å². The highest BCUT2D eigenvalue weighted by atomic mass is 16.3. The average Bonchev–Trinajstić information content (AvgIpc) is 2.68. The molecule has 0 spiro atoms. The van der Waals surface area contributed by atoms with Crippen LogP contribution in [0.2, 0.25) is 0 Å². The summed E-state index contributed by atoms with van der Waals surface area (Å²) in [6.45, 7) is 5.24. The molecular formula is C11H21N5O. The van der Waals surface area contributed by atoms with Crippen molar-refractivity contribution in [2.24, 2.45) is 7.05 Å². The first kappa shape index (κ1) is 12.4. The lowest BCUT2D eigenvalue weighted by Crippen LogP contribution is -2.46. The molecule has 0 aliphatic carbocycles. The van der Waals surface area contributed by atoms with Crippen molar-refractivity contribution >= 4 is 0 Å². The maximum Gasteiger partial charge on any atom is 0.177 e. The second-order valence-corrected chi connectivity index (χ2v) is 4.94. The highest BCUT2D eigenvalue weighted by molar-refractivity contribution is 4.94. The smallest absolute Gasteiger partial charge is 0.177 e. The van der Waals surface area contributed by atoms with Crippen molar-refractivity contribution in [2.45, 2.75) is 38.2 Å². The van der Waals surface area contributed by atoms with Crippen LogP contribution in [0.5, 0.6) is 0 Å². The maximum atomic E-state index is 10.5. The summed E-state index contributed by atoms with van der Waals surface area (Å²) in [6.07, 6.45) is 3.28. The largest absolute Gasteiger partial charge is 0.389 e. The van der Waals surface area contributed by atoms with Crippen LogP contribution in [0.15, 0.2) is 0 Å². The number of aliphatic hydroxyl groups is 1. The van der Waals surface area contributed by atoms with Crippen molar-refractivity contribution in [3.05, 3.63) is 5.82 Å². The number of aryl methyl sites for hydroxylation is 1. The van der Waals surface area contributed by atoms with E-state index in [9.17, 15) is 5.11 Å². The summed E-state index contributed by atoms with van der Waals surface area (Å²) in [4.78, 5) is 3.84. The van der Waals surface area contributed by atoms with Gasteiger partial charge in [-0.05, 0) is 31.0 Å². The van der Waals surface area contributed by atoms with Crippen molar-refractivity contribution < 1.29 is 5.11 Å². The first-order valence-electron chi connectivity index (χ1n) is 6.29. The summed E-state index contributed by atoms with van der Waals surface area (Å²) >= 11 is 0. The summed E-state index contributed by atoms with van der Waals surface area (Å²) in [5.74, 6) is 0.638. The average molecular weight is 239 g/mol. The van der Waals surface area contributed by atoms with Gasteiger partial charge in [0.25, 0.3) is 0 Å². The summed E-state index contributed by atoms with van der Waals surface area (Å²) in [5.41, 5.74) is -0.646. The molecule has 96 valence electrons. The molecule has 6 nitrogen and oxygen atoms in total. The Labute approximate surface area is 102 Å². The molecule has 1 aliphatic heterocycles. The van der Waals surface area contributed by atoms with Crippen LogP contribution < -0.4 is 0 Å². The third kappa shape index (κ3) is 3.23. The van der Waals surface area contributed by atoms with E-state index in [2.05, 4.69) is 27.2 Å². The van der Waals surface area contributed by atoms with Gasteiger partial charge in [-0.1, -0.05) is 6.92 Å². The number of hydrogen-bond acceptors (Lipinski definition) is 5. The topological polar surface area (TPSA) is 67.1 Å². The molecule has 0 radical (unpaired) electrons. The Balaban J connectivity index is 1.89. The van der Waals surface area contributed by atoms with Crippen molar-refractivity contribution in [1.82, 2.24) is 25.1 Å². The minimum absolute atomic E-state index is 0.515. The van der Waals surface area contributed by atoms with Crippen LogP contribution >= 0.6 is 0 Å². The number of aromatic nitrogens is 4. The van der Waals surface area contributed by atoms with Gasteiger partial charge in [0.05, 0.1) is 12.6 Å². The van der Waals surface area contributed by atoms with Crippen LogP contribution in [0.3, 0.4) is 0 Å². The van der Waals surface area contributed by atoms with E-state index in [1.54, 1.807) is 7.05 Å². The zero-order valence-electron chi connectivity index (χ0n) is 10.6. The van der Waals surface area contributed by atoms with E-state index in [0.717, 1.165) is 32.5 Å². The van der Waals surface area contributed by atoms with Gasteiger partial charge in [0.15, 0.2) is 5.82 Å². The number of tetrazole rings is 1. The Kier molecular flexibility index (Phi) is 3.73. The van der Waals surface area contributed by atoms with Gasteiger partial charge in [-0.2, -0.15) is 4.80 Å². The lowest BCUT2D eigenvalue weighted by Gasteiger charge is -2.37. The lowest BCUT2D eigenvalue weighted by molar-refractivity contribution is -0.0219. The van der Waals surface area contributed by atoms with Gasteiger partial charge in [-0.3, -0.25) is 0 Å². The normalized spacial score (nSPS) is 20.6. The Hall–Kier alpha value is -1.01. The maximum absolute atomic E-state index is 10.5. The van der Waals surface area contributed by atoms with Gasteiger partial charge in [-0.15, -0.1) is 10.2 Å². The van der Waals surface area contributed by atoms with Crippen molar-refractivity contribution in [3.8, 4) is 0 Å². The van der Waals surface area contributed by atoms with Crippen LogP contribution in [-0.2, 0) is 13.5 Å². The molecule has 17 heavy (non-hydrogen) atoms. The second kappa shape index (κ2) is 5.10. The summed E-state index contributed by atoms with van der Waals surface area (Å²) in [5, 5.41) is 22.3. The van der Waals surface area contributed by atoms with E-state index in [0.29, 0.717) is 12.2 Å². The lowest BCUT2D eigenvalue weighted by atomic mass is 9.88. The van der Waals surface area contributed by atoms with Gasteiger partial charge in [0, 0.05) is 19.5 Å². The Morgan fingerprint density at radius 3 is 2.59 bits per heavy atom. The molecular weight excluding hydrogens is 218 g/mol. The second-order valence-electron chi connectivity index (χ2n) is 4.94. The molecule has 0 bridgehead atoms. The molecule has 0 amide bonds. The van der Waals surface area contributed by atoms with Crippen LogP contribution in [0, 0.1) is 0 Å². The fraction of sp³-hybridized carbons (Fsp3) is 0.909. The van der Waals surface area contributed by atoms with Crippen molar-refractivity contribution in [1.29, 1.82) is 0 Å². The predicted octanol–water partition coefficient (Wildman–Crippen LogP) is -0.0105. The van der Waals surface area contributed by atoms with Crippen molar-refractivity contribution in [3.63, 3.8) is 0 Å². The molecule has 1 aromatic rings. The summed E-state index contributed by atoms with van der Waals surface area (Å²) < 4.78 is 0. The molecule has 0 saturated carbocycles. The molecule has 2 rings (SSSR count). The zero-order valence-corrected chi connectivity index (χ0v) is 10.6. The Morgan fingerprint density at radius 2 is 2.06 bits per heavy atom. The minimum atomic E-state index is -0.646. The Morgan fingerprint density at radius 1 is 1.35 bits per heavy atom. The highest BCUT2D eigenvalue weighted by Gasteiger charge is 2.33. The first-order valence-corrected chi connectivity index (χ1v) is 6.29. The zero-order chi connectivity index (χ0) is 12.3. The monoisotopic (exact) mass is 239 g/mol. The van der Waals surface area contributed by atoms with E-state index >= 15 is 0 Å². The minimum Gasteiger partial charge on any atom is -0.389 e. The fourth-order valence-corrected chi connectivity index (χ4v) is 2.37. The van der Waals surface area contributed by atoms with Gasteiger partial charge < -0.3 is 10.0 Å². The molecule has 1 aromatic heterocycles. The fourth-order valence-electron chi connectivity index (χ4n) is 2.37. The van der Waals surface area contributed by atoms with Gasteiger partial charge in [-0.25, -0.2) is 0 Å². The van der Waals surface area contributed by atoms with Crippen molar-refractivity contribution in [2.75, 3.05) is 19.6 Å². The Bertz CT molecular complexity index is 356. The molecule has 1 aliphatic rings. The summed E-state index contributed by atoms with van der Waals surface area (Å²) in [7, 11) is 1.74. The van der Waals surface area contributed by atoms with Gasteiger partial charge in [0.1, 0.15) is 0 Å². The quantitative estimate of drug-likeness (QED) is 0.800. The SMILES string of the molecule is CCCN1CCC(O)(Cc2nnn(C)n2)CC1. The molecule has 1 N–H and O–H groups in total. The number of likely N-dealkylation sites (tertiary alicyclic amines) is 1. The van der Waals surface area contributed by atoms with Crippen LogP contribution in [0.25, 0.3) is 0 Å². The molecule has 1 fully saturated rings. The third-order valence-electron chi connectivity index (χ3n) is 3.36. The number of nitrogens with zero attached hydrogens (tertiary/aromatic N) is 5. The van der Waals surface area contributed by atoms with E-state index in [1.165, 1.54) is 11.2 Å². The molecule has 6 heteroatoms.